The Balaban J connectivity index is 1.86. The summed E-state index contributed by atoms with van der Waals surface area (Å²) in [5.74, 6) is -0.626. The van der Waals surface area contributed by atoms with Crippen molar-refractivity contribution in [3.63, 3.8) is 0 Å². The van der Waals surface area contributed by atoms with Crippen LogP contribution in [-0.4, -0.2) is 27.0 Å². The van der Waals surface area contributed by atoms with Gasteiger partial charge in [0.1, 0.15) is 5.82 Å². The number of aryl methyl sites for hydroxylation is 1. The Morgan fingerprint density at radius 2 is 2.23 bits per heavy atom. The Bertz CT molecular complexity index is 711. The highest BCUT2D eigenvalue weighted by molar-refractivity contribution is 7.10. The van der Waals surface area contributed by atoms with Gasteiger partial charge in [0.25, 0.3) is 5.91 Å². The number of aromatic nitrogens is 2. The summed E-state index contributed by atoms with van der Waals surface area (Å²) in [6.07, 6.45) is 3.49. The molecule has 0 spiro atoms. The van der Waals surface area contributed by atoms with Crippen molar-refractivity contribution in [1.82, 2.24) is 15.3 Å². The van der Waals surface area contributed by atoms with Crippen LogP contribution in [0.4, 0.5) is 0 Å². The fourth-order valence-corrected chi connectivity index (χ4v) is 3.02. The normalized spacial score (nSPS) is 15.3. The third-order valence-corrected chi connectivity index (χ3v) is 4.43. The largest absolute Gasteiger partial charge is 0.479 e. The van der Waals surface area contributed by atoms with Crippen LogP contribution in [0.5, 0.6) is 0 Å². The van der Waals surface area contributed by atoms with E-state index >= 15 is 0 Å². The first-order chi connectivity index (χ1) is 10.6. The summed E-state index contributed by atoms with van der Waals surface area (Å²) in [4.78, 5) is 32.9. The Hall–Kier alpha value is -2.28. The number of carbonyl (C=O) groups is 2. The van der Waals surface area contributed by atoms with E-state index in [0.29, 0.717) is 16.3 Å². The van der Waals surface area contributed by atoms with Crippen LogP contribution < -0.4 is 5.32 Å². The fourth-order valence-electron chi connectivity index (χ4n) is 2.25. The minimum absolute atomic E-state index is 0.285. The third kappa shape index (κ3) is 2.99. The van der Waals surface area contributed by atoms with Crippen molar-refractivity contribution in [2.45, 2.75) is 31.7 Å². The monoisotopic (exact) mass is 317 g/mol. The molecule has 2 N–H and O–H groups in total. The van der Waals surface area contributed by atoms with Gasteiger partial charge in [0.2, 0.25) is 0 Å². The molecule has 0 radical (unpaired) electrons. The van der Waals surface area contributed by atoms with Gasteiger partial charge in [0.05, 0.1) is 11.3 Å². The summed E-state index contributed by atoms with van der Waals surface area (Å²) >= 11 is 1.30. The van der Waals surface area contributed by atoms with Gasteiger partial charge < -0.3 is 10.4 Å². The van der Waals surface area contributed by atoms with Crippen molar-refractivity contribution in [3.05, 3.63) is 45.7 Å². The highest BCUT2D eigenvalue weighted by Gasteiger charge is 2.32. The molecule has 2 aromatic heterocycles. The minimum Gasteiger partial charge on any atom is -0.479 e. The first-order valence-corrected chi connectivity index (χ1v) is 7.85. The molecular formula is C15H15N3O3S. The van der Waals surface area contributed by atoms with Gasteiger partial charge in [-0.05, 0) is 31.2 Å². The Kier molecular flexibility index (Phi) is 3.89. The molecule has 0 aliphatic heterocycles. The van der Waals surface area contributed by atoms with Crippen LogP contribution in [0, 0.1) is 6.92 Å². The van der Waals surface area contributed by atoms with E-state index in [4.69, 9.17) is 0 Å². The maximum atomic E-state index is 12.5. The summed E-state index contributed by atoms with van der Waals surface area (Å²) in [5, 5.41) is 13.7. The molecular weight excluding hydrogens is 302 g/mol. The molecule has 2 heterocycles. The number of carboxylic acid groups (broad SMARTS) is 1. The van der Waals surface area contributed by atoms with E-state index in [9.17, 15) is 14.7 Å². The Labute approximate surface area is 131 Å². The molecule has 2 aromatic rings. The van der Waals surface area contributed by atoms with Crippen molar-refractivity contribution in [3.8, 4) is 0 Å². The third-order valence-electron chi connectivity index (χ3n) is 3.50. The Morgan fingerprint density at radius 3 is 2.82 bits per heavy atom. The van der Waals surface area contributed by atoms with Crippen LogP contribution in [0.15, 0.2) is 23.7 Å². The molecule has 3 rings (SSSR count). The molecule has 1 aliphatic carbocycles. The average Bonchev–Trinajstić information content (AvgIpc) is 3.19. The van der Waals surface area contributed by atoms with Gasteiger partial charge in [-0.25, -0.2) is 14.8 Å². The number of thiophene rings is 1. The zero-order chi connectivity index (χ0) is 15.7. The van der Waals surface area contributed by atoms with E-state index < -0.39 is 17.9 Å². The lowest BCUT2D eigenvalue weighted by atomic mass is 10.1. The molecule has 7 heteroatoms. The molecule has 6 nitrogen and oxygen atoms in total. The number of nitrogens with zero attached hydrogens (tertiary/aromatic N) is 2. The van der Waals surface area contributed by atoms with Crippen molar-refractivity contribution >= 4 is 23.2 Å². The zero-order valence-electron chi connectivity index (χ0n) is 11.9. The van der Waals surface area contributed by atoms with Crippen molar-refractivity contribution in [2.24, 2.45) is 0 Å². The van der Waals surface area contributed by atoms with Crippen LogP contribution in [0.1, 0.15) is 51.6 Å². The summed E-state index contributed by atoms with van der Waals surface area (Å²) in [6, 6.07) is 2.39. The van der Waals surface area contributed by atoms with E-state index in [0.717, 1.165) is 18.5 Å². The highest BCUT2D eigenvalue weighted by atomic mass is 32.1. The maximum absolute atomic E-state index is 12.5. The first kappa shape index (κ1) is 14.6. The number of amides is 1. The summed E-state index contributed by atoms with van der Waals surface area (Å²) in [5.41, 5.74) is 1.09. The van der Waals surface area contributed by atoms with Crippen LogP contribution in [0.2, 0.25) is 0 Å². The number of carbonyl (C=O) groups excluding carboxylic acids is 1. The second kappa shape index (κ2) is 5.84. The molecule has 1 saturated carbocycles. The number of nitrogens with one attached hydrogen (secondary N) is 1. The number of aliphatic carboxylic acids is 1. The van der Waals surface area contributed by atoms with E-state index in [2.05, 4.69) is 15.3 Å². The van der Waals surface area contributed by atoms with Crippen molar-refractivity contribution in [2.75, 3.05) is 0 Å². The fraction of sp³-hybridized carbons (Fsp3) is 0.333. The average molecular weight is 317 g/mol. The SMILES string of the molecule is Cc1ncc(C(=O)NC(C(=O)O)c2cccs2)c(C2CC2)n1. The van der Waals surface area contributed by atoms with Crippen molar-refractivity contribution in [1.29, 1.82) is 0 Å². The summed E-state index contributed by atoms with van der Waals surface area (Å²) in [7, 11) is 0. The lowest BCUT2D eigenvalue weighted by Crippen LogP contribution is -2.34. The van der Waals surface area contributed by atoms with E-state index in [1.165, 1.54) is 17.5 Å². The molecule has 0 saturated heterocycles. The second-order valence-electron chi connectivity index (χ2n) is 5.25. The van der Waals surface area contributed by atoms with E-state index in [1.54, 1.807) is 24.4 Å². The molecule has 1 unspecified atom stereocenters. The molecule has 22 heavy (non-hydrogen) atoms. The van der Waals surface area contributed by atoms with Gasteiger partial charge in [-0.15, -0.1) is 11.3 Å². The standard InChI is InChI=1S/C15H15N3O3S/c1-8-16-7-10(12(17-8)9-4-5-9)14(19)18-13(15(20)21)11-3-2-6-22-11/h2-3,6-7,9,13H,4-5H2,1H3,(H,18,19)(H,20,21). The zero-order valence-corrected chi connectivity index (χ0v) is 12.8. The van der Waals surface area contributed by atoms with Crippen molar-refractivity contribution < 1.29 is 14.7 Å². The van der Waals surface area contributed by atoms with Crippen LogP contribution >= 0.6 is 11.3 Å². The molecule has 0 aromatic carbocycles. The number of rotatable bonds is 5. The predicted octanol–water partition coefficient (Wildman–Crippen LogP) is 2.28. The van der Waals surface area contributed by atoms with Gasteiger partial charge in [-0.3, -0.25) is 4.79 Å². The number of hydrogen-bond acceptors (Lipinski definition) is 5. The van der Waals surface area contributed by atoms with Crippen LogP contribution in [0.3, 0.4) is 0 Å². The molecule has 114 valence electrons. The topological polar surface area (TPSA) is 92.2 Å². The van der Waals surface area contributed by atoms with Crippen LogP contribution in [0.25, 0.3) is 0 Å². The molecule has 0 bridgehead atoms. The number of carboxylic acids is 1. The van der Waals surface area contributed by atoms with E-state index in [1.807, 2.05) is 0 Å². The Morgan fingerprint density at radius 1 is 1.45 bits per heavy atom. The minimum atomic E-state index is -1.09. The lowest BCUT2D eigenvalue weighted by molar-refractivity contribution is -0.139. The molecule has 1 fully saturated rings. The van der Waals surface area contributed by atoms with Crippen LogP contribution in [-0.2, 0) is 4.79 Å². The highest BCUT2D eigenvalue weighted by Crippen LogP contribution is 2.40. The molecule has 1 amide bonds. The second-order valence-corrected chi connectivity index (χ2v) is 6.23. The maximum Gasteiger partial charge on any atom is 0.331 e. The lowest BCUT2D eigenvalue weighted by Gasteiger charge is -2.14. The summed E-state index contributed by atoms with van der Waals surface area (Å²) in [6.45, 7) is 1.78. The van der Waals surface area contributed by atoms with Gasteiger partial charge in [-0.1, -0.05) is 6.07 Å². The predicted molar refractivity (Wildman–Crippen MR) is 80.9 cm³/mol. The van der Waals surface area contributed by atoms with Gasteiger partial charge >= 0.3 is 5.97 Å². The van der Waals surface area contributed by atoms with Gasteiger partial charge in [0, 0.05) is 17.0 Å². The van der Waals surface area contributed by atoms with Gasteiger partial charge in [0.15, 0.2) is 6.04 Å². The first-order valence-electron chi connectivity index (χ1n) is 6.97. The van der Waals surface area contributed by atoms with Gasteiger partial charge in [-0.2, -0.15) is 0 Å². The quantitative estimate of drug-likeness (QED) is 0.882. The molecule has 1 atom stereocenters. The summed E-state index contributed by atoms with van der Waals surface area (Å²) < 4.78 is 0. The number of hydrogen-bond donors (Lipinski definition) is 2. The molecule has 1 aliphatic rings. The smallest absolute Gasteiger partial charge is 0.331 e. The van der Waals surface area contributed by atoms with E-state index in [-0.39, 0.29) is 5.92 Å².